The highest BCUT2D eigenvalue weighted by Crippen LogP contribution is 2.36. The Labute approximate surface area is 237 Å². The zero-order chi connectivity index (χ0) is 27.5. The van der Waals surface area contributed by atoms with Gasteiger partial charge in [-0.2, -0.15) is 15.3 Å². The first-order valence-corrected chi connectivity index (χ1v) is 14.4. The number of benzene rings is 1. The third kappa shape index (κ3) is 4.28. The van der Waals surface area contributed by atoms with Crippen LogP contribution in [0, 0.1) is 19.8 Å². The number of piperidine rings is 2. The second-order valence-corrected chi connectivity index (χ2v) is 11.5. The van der Waals surface area contributed by atoms with E-state index in [1.165, 1.54) is 48.2 Å². The van der Waals surface area contributed by atoms with Gasteiger partial charge in [0, 0.05) is 41.8 Å². The van der Waals surface area contributed by atoms with Crippen LogP contribution in [0.25, 0.3) is 44.9 Å². The molecule has 1 aromatic carbocycles. The molecule has 1 aliphatic carbocycles. The van der Waals surface area contributed by atoms with E-state index in [9.17, 15) is 0 Å². The molecule has 6 aromatic rings. The van der Waals surface area contributed by atoms with Crippen molar-refractivity contribution in [2.75, 3.05) is 6.54 Å². The van der Waals surface area contributed by atoms with Crippen molar-refractivity contribution < 1.29 is 0 Å². The number of rotatable bonds is 5. The molecule has 3 aliphatic rings. The van der Waals surface area contributed by atoms with Crippen molar-refractivity contribution in [1.29, 1.82) is 0 Å². The quantitative estimate of drug-likeness (QED) is 0.282. The Morgan fingerprint density at radius 3 is 2.46 bits per heavy atom. The summed E-state index contributed by atoms with van der Waals surface area (Å²) in [7, 11) is 0. The first-order valence-electron chi connectivity index (χ1n) is 14.4. The second kappa shape index (κ2) is 9.55. The maximum atomic E-state index is 4.99. The van der Waals surface area contributed by atoms with Gasteiger partial charge in [0.1, 0.15) is 0 Å². The number of pyridine rings is 2. The summed E-state index contributed by atoms with van der Waals surface area (Å²) < 4.78 is 1.92. The van der Waals surface area contributed by atoms with Gasteiger partial charge in [-0.25, -0.2) is 19.5 Å². The van der Waals surface area contributed by atoms with Crippen LogP contribution in [0.3, 0.4) is 0 Å². The molecule has 1 saturated carbocycles. The minimum absolute atomic E-state index is 0.621. The fourth-order valence-corrected chi connectivity index (χ4v) is 6.67. The third-order valence-electron chi connectivity index (χ3n) is 8.83. The predicted octanol–water partition coefficient (Wildman–Crippen LogP) is 5.58. The molecule has 9 heteroatoms. The molecule has 0 radical (unpaired) electrons. The molecule has 9 nitrogen and oxygen atoms in total. The molecule has 0 N–H and O–H groups in total. The maximum absolute atomic E-state index is 4.99. The number of imidazole rings is 1. The zero-order valence-electron chi connectivity index (χ0n) is 23.3. The summed E-state index contributed by atoms with van der Waals surface area (Å²) in [5.41, 5.74) is 8.74. The van der Waals surface area contributed by atoms with Crippen molar-refractivity contribution >= 4 is 16.7 Å². The summed E-state index contributed by atoms with van der Waals surface area (Å²) >= 11 is 0. The van der Waals surface area contributed by atoms with Crippen molar-refractivity contribution in [2.45, 2.75) is 52.1 Å². The summed E-state index contributed by atoms with van der Waals surface area (Å²) in [6.45, 7) is 6.28. The lowest BCUT2D eigenvalue weighted by Gasteiger charge is -2.45. The summed E-state index contributed by atoms with van der Waals surface area (Å²) in [4.78, 5) is 18.2. The van der Waals surface area contributed by atoms with Gasteiger partial charge in [-0.1, -0.05) is 24.3 Å². The molecule has 0 unspecified atom stereocenters. The van der Waals surface area contributed by atoms with Crippen LogP contribution in [-0.4, -0.2) is 57.0 Å². The molecule has 9 rings (SSSR count). The molecular weight excluding hydrogens is 510 g/mol. The van der Waals surface area contributed by atoms with Crippen LogP contribution < -0.4 is 0 Å². The lowest BCUT2D eigenvalue weighted by molar-refractivity contribution is 0.0426. The van der Waals surface area contributed by atoms with Crippen molar-refractivity contribution in [3.05, 3.63) is 84.1 Å². The Balaban J connectivity index is 1.10. The highest BCUT2D eigenvalue weighted by molar-refractivity contribution is 5.92. The van der Waals surface area contributed by atoms with Gasteiger partial charge in [-0.3, -0.25) is 4.90 Å². The first-order chi connectivity index (χ1) is 20.1. The van der Waals surface area contributed by atoms with Crippen molar-refractivity contribution in [3.63, 3.8) is 0 Å². The van der Waals surface area contributed by atoms with Crippen LogP contribution in [0.1, 0.15) is 42.6 Å². The SMILES string of the molecule is Cc1cnn(-c2ccc3c(-c4cnc5cc(-c6ccc(CN7CC8CCC7CC8)cc6)c(C)nn45)ccnc3n2)n1. The first kappa shape index (κ1) is 24.3. The number of fused-ring (bicyclic) bond motifs is 5. The van der Waals surface area contributed by atoms with E-state index in [0.717, 1.165) is 57.7 Å². The summed E-state index contributed by atoms with van der Waals surface area (Å²) in [5.74, 6) is 1.53. The highest BCUT2D eigenvalue weighted by Gasteiger charge is 2.33. The zero-order valence-corrected chi connectivity index (χ0v) is 23.3. The van der Waals surface area contributed by atoms with E-state index < -0.39 is 0 Å². The number of hydrogen-bond donors (Lipinski definition) is 0. The van der Waals surface area contributed by atoms with Gasteiger partial charge in [0.05, 0.1) is 29.5 Å². The smallest absolute Gasteiger partial charge is 0.176 e. The molecule has 0 atom stereocenters. The standard InChI is InChI=1S/C32H31N9/c1-20-16-35-41(37-20)30-12-11-27-26(13-14-33-32(27)36-30)29-17-34-31-15-28(21(2)38-40(29)31)24-7-3-22(4-8-24)18-39-19-23-5-9-25(39)10-6-23/h3-4,7-8,11-17,23,25H,5-6,9-10,18-19H2,1-2H3. The fourth-order valence-electron chi connectivity index (χ4n) is 6.67. The van der Waals surface area contributed by atoms with E-state index in [4.69, 9.17) is 15.1 Å². The minimum atomic E-state index is 0.621. The van der Waals surface area contributed by atoms with Gasteiger partial charge in [-0.05, 0) is 80.8 Å². The van der Waals surface area contributed by atoms with Crippen molar-refractivity contribution in [1.82, 2.24) is 44.5 Å². The summed E-state index contributed by atoms with van der Waals surface area (Å²) in [5, 5.41) is 14.6. The fraction of sp³-hybridized carbons (Fsp3) is 0.312. The molecule has 2 bridgehead atoms. The summed E-state index contributed by atoms with van der Waals surface area (Å²) in [6, 6.07) is 17.8. The van der Waals surface area contributed by atoms with Gasteiger partial charge in [0.25, 0.3) is 0 Å². The van der Waals surface area contributed by atoms with Crippen molar-refractivity contribution in [2.24, 2.45) is 5.92 Å². The average molecular weight is 542 g/mol. The molecule has 2 saturated heterocycles. The van der Waals surface area contributed by atoms with E-state index in [1.54, 1.807) is 12.4 Å². The van der Waals surface area contributed by atoms with Crippen LogP contribution in [-0.2, 0) is 6.54 Å². The lowest BCUT2D eigenvalue weighted by atomic mass is 9.80. The topological polar surface area (TPSA) is 89.9 Å². The van der Waals surface area contributed by atoms with Crippen molar-refractivity contribution in [3.8, 4) is 28.2 Å². The Hall–Kier alpha value is -4.50. The van der Waals surface area contributed by atoms with E-state index in [1.807, 2.05) is 35.8 Å². The van der Waals surface area contributed by atoms with Gasteiger partial charge in [0.2, 0.25) is 0 Å². The molecule has 41 heavy (non-hydrogen) atoms. The molecule has 7 heterocycles. The van der Waals surface area contributed by atoms with Crippen LogP contribution in [0.15, 0.2) is 67.1 Å². The lowest BCUT2D eigenvalue weighted by Crippen LogP contribution is -2.47. The monoisotopic (exact) mass is 541 g/mol. The Morgan fingerprint density at radius 1 is 0.854 bits per heavy atom. The van der Waals surface area contributed by atoms with E-state index in [-0.39, 0.29) is 0 Å². The number of nitrogens with zero attached hydrogens (tertiary/aromatic N) is 9. The Morgan fingerprint density at radius 2 is 1.71 bits per heavy atom. The third-order valence-corrected chi connectivity index (χ3v) is 8.83. The van der Waals surface area contributed by atoms with E-state index in [2.05, 4.69) is 57.3 Å². The number of aryl methyl sites for hydroxylation is 2. The predicted molar refractivity (Wildman–Crippen MR) is 158 cm³/mol. The van der Waals surface area contributed by atoms with Crippen LogP contribution in [0.2, 0.25) is 0 Å². The van der Waals surface area contributed by atoms with Crippen LogP contribution >= 0.6 is 0 Å². The normalized spacial score (nSPS) is 19.0. The molecule has 2 aliphatic heterocycles. The molecule has 5 aromatic heterocycles. The molecule has 204 valence electrons. The Bertz CT molecular complexity index is 1890. The second-order valence-electron chi connectivity index (χ2n) is 11.5. The molecular formula is C32H31N9. The maximum Gasteiger partial charge on any atom is 0.176 e. The van der Waals surface area contributed by atoms with E-state index in [0.29, 0.717) is 11.5 Å². The van der Waals surface area contributed by atoms with Crippen LogP contribution in [0.5, 0.6) is 0 Å². The van der Waals surface area contributed by atoms with Crippen LogP contribution in [0.4, 0.5) is 0 Å². The molecule has 3 fully saturated rings. The highest BCUT2D eigenvalue weighted by atomic mass is 15.5. The van der Waals surface area contributed by atoms with Gasteiger partial charge >= 0.3 is 0 Å². The van der Waals surface area contributed by atoms with Gasteiger partial charge < -0.3 is 0 Å². The molecule has 0 spiro atoms. The van der Waals surface area contributed by atoms with E-state index >= 15 is 0 Å². The van der Waals surface area contributed by atoms with Gasteiger partial charge in [-0.15, -0.1) is 4.80 Å². The number of hydrogen-bond acceptors (Lipinski definition) is 7. The number of aromatic nitrogens is 8. The molecule has 0 amide bonds. The Kier molecular flexibility index (Phi) is 5.67. The largest absolute Gasteiger partial charge is 0.296 e. The average Bonchev–Trinajstić information content (AvgIpc) is 3.63. The minimum Gasteiger partial charge on any atom is -0.296 e. The summed E-state index contributed by atoms with van der Waals surface area (Å²) in [6.07, 6.45) is 10.9. The van der Waals surface area contributed by atoms with Gasteiger partial charge in [0.15, 0.2) is 17.1 Å².